The molecule has 0 aliphatic carbocycles. The zero-order valence-corrected chi connectivity index (χ0v) is 68.1. The first kappa shape index (κ1) is 103. The monoisotopic (exact) mass is 1700 g/mol. The number of aliphatic hydroxyl groups is 3. The van der Waals surface area contributed by atoms with Crippen LogP contribution in [-0.2, 0) is 91.1 Å². The molecule has 46 nitrogen and oxygen atoms in total. The number of hydrogen-bond donors (Lipinski definition) is 24. The van der Waals surface area contributed by atoms with Crippen molar-refractivity contribution in [3.05, 3.63) is 0 Å². The second kappa shape index (κ2) is 53.2. The molecule has 3 saturated heterocycles. The molecule has 119 heavy (non-hydrogen) atoms. The number of amides is 16. The van der Waals surface area contributed by atoms with Crippen LogP contribution in [0.5, 0.6) is 0 Å². The molecule has 3 heterocycles. The highest BCUT2D eigenvalue weighted by Gasteiger charge is 2.44. The molecule has 3 aliphatic heterocycles. The molecule has 0 radical (unpaired) electrons. The van der Waals surface area contributed by atoms with Crippen LogP contribution in [-0.4, -0.2) is 326 Å². The summed E-state index contributed by atoms with van der Waals surface area (Å²) in [4.78, 5) is 259. The Morgan fingerprint density at radius 3 is 0.807 bits per heavy atom. The van der Waals surface area contributed by atoms with Gasteiger partial charge >= 0.3 is 17.9 Å². The van der Waals surface area contributed by atoms with E-state index in [0.29, 0.717) is 45.1 Å². The SMILES string of the molecule is C[C@H](N)C(=O)N[C@@H](CCCCN)C(=O)N[C@@H](CO)C(=O)N1CCC[C@H]1C(=O)N[C@@H](C)C(=O)N[C@@H](CCC(=O)O)C(=O)N[C@@H](C)C(=O)N[C@@H](CCCCN)C(=O)N[C@@H](CO)C(=O)N1CCC[C@H]1C(=O)N[C@@H](CCC(=O)O)C(=O)N[C@@H](CCCCN)C(=O)N[C@@H](C)C(=O)N[C@@H](CCCCN)C(=O)N[C@@H](CO)C(=O)N1CCC[C@H]1C(=O)N[C@@H](C)C(=O)O. The zero-order valence-electron chi connectivity index (χ0n) is 68.1. The van der Waals surface area contributed by atoms with Crippen LogP contribution in [0.25, 0.3) is 0 Å². The normalized spacial score (nSPS) is 18.6. The number of hydrogen-bond acceptors (Lipinski definition) is 27. The summed E-state index contributed by atoms with van der Waals surface area (Å²) in [5.74, 6) is -19.1. The maximum Gasteiger partial charge on any atom is 0.325 e. The number of nitrogens with zero attached hydrogens (tertiary/aromatic N) is 3. The van der Waals surface area contributed by atoms with Crippen molar-refractivity contribution in [1.82, 2.24) is 83.8 Å². The minimum absolute atomic E-state index is 0.0108. The number of aliphatic hydroxyl groups excluding tert-OH is 3. The maximum atomic E-state index is 14.4. The van der Waals surface area contributed by atoms with E-state index in [1.807, 2.05) is 0 Å². The molecule has 17 atom stereocenters. The number of carbonyl (C=O) groups is 19. The molecule has 0 aromatic heterocycles. The van der Waals surface area contributed by atoms with Crippen molar-refractivity contribution in [1.29, 1.82) is 0 Å². The number of aliphatic carboxylic acids is 3. The average molecular weight is 1700 g/mol. The lowest BCUT2D eigenvalue weighted by molar-refractivity contribution is -0.145. The molecule has 0 unspecified atom stereocenters. The molecule has 672 valence electrons. The third-order valence-corrected chi connectivity index (χ3v) is 20.2. The third-order valence-electron chi connectivity index (χ3n) is 20.2. The molecule has 3 aliphatic rings. The Morgan fingerprint density at radius 2 is 0.538 bits per heavy atom. The van der Waals surface area contributed by atoms with Crippen LogP contribution >= 0.6 is 0 Å². The Kier molecular flexibility index (Phi) is 46.0. The van der Waals surface area contributed by atoms with E-state index in [1.165, 1.54) is 34.6 Å². The van der Waals surface area contributed by atoms with Crippen molar-refractivity contribution in [2.75, 3.05) is 65.6 Å². The third kappa shape index (κ3) is 34.1. The minimum Gasteiger partial charge on any atom is -0.481 e. The van der Waals surface area contributed by atoms with Crippen molar-refractivity contribution in [3.8, 4) is 0 Å². The summed E-state index contributed by atoms with van der Waals surface area (Å²) in [6, 6.07) is -24.6. The van der Waals surface area contributed by atoms with Gasteiger partial charge in [-0.3, -0.25) is 91.1 Å². The topological polar surface area (TPSA) is 742 Å². The van der Waals surface area contributed by atoms with Crippen LogP contribution in [0.15, 0.2) is 0 Å². The quantitative estimate of drug-likeness (QED) is 0.0251. The average Bonchev–Trinajstić information content (AvgIpc) is 1.74. The molecule has 16 amide bonds. The van der Waals surface area contributed by atoms with Gasteiger partial charge in [0.1, 0.15) is 96.7 Å². The maximum absolute atomic E-state index is 14.4. The molecule has 46 heteroatoms. The highest BCUT2D eigenvalue weighted by molar-refractivity contribution is 6.01. The van der Waals surface area contributed by atoms with Gasteiger partial charge < -0.3 is 143 Å². The molecule has 0 spiro atoms. The van der Waals surface area contributed by atoms with Gasteiger partial charge in [-0.1, -0.05) is 0 Å². The van der Waals surface area contributed by atoms with Crippen molar-refractivity contribution >= 4 is 112 Å². The number of carboxylic acids is 3. The van der Waals surface area contributed by atoms with Crippen LogP contribution in [0.4, 0.5) is 0 Å². The predicted molar refractivity (Wildman–Crippen MR) is 420 cm³/mol. The first-order chi connectivity index (χ1) is 56.3. The summed E-state index contributed by atoms with van der Waals surface area (Å²) in [6.45, 7) is 3.92. The molecule has 0 saturated carbocycles. The van der Waals surface area contributed by atoms with Crippen LogP contribution in [0, 0.1) is 0 Å². The molecular formula is C73H125N21O25. The van der Waals surface area contributed by atoms with Gasteiger partial charge in [-0.2, -0.15) is 0 Å². The van der Waals surface area contributed by atoms with Gasteiger partial charge in [-0.15, -0.1) is 0 Å². The van der Waals surface area contributed by atoms with Crippen LogP contribution in [0.3, 0.4) is 0 Å². The van der Waals surface area contributed by atoms with E-state index in [9.17, 15) is 122 Å². The van der Waals surface area contributed by atoms with Crippen LogP contribution in [0.1, 0.15) is 176 Å². The van der Waals surface area contributed by atoms with E-state index >= 15 is 0 Å². The van der Waals surface area contributed by atoms with Crippen molar-refractivity contribution in [3.63, 3.8) is 0 Å². The largest absolute Gasteiger partial charge is 0.481 e. The smallest absolute Gasteiger partial charge is 0.325 e. The lowest BCUT2D eigenvalue weighted by atomic mass is 10.0. The molecule has 0 aromatic rings. The van der Waals surface area contributed by atoms with E-state index in [-0.39, 0.29) is 116 Å². The van der Waals surface area contributed by atoms with E-state index in [4.69, 9.17) is 28.7 Å². The lowest BCUT2D eigenvalue weighted by Gasteiger charge is -2.30. The zero-order chi connectivity index (χ0) is 89.3. The fraction of sp³-hybridized carbons (Fsp3) is 0.740. The summed E-state index contributed by atoms with van der Waals surface area (Å²) in [5.41, 5.74) is 28.5. The lowest BCUT2D eigenvalue weighted by Crippen LogP contribution is -2.61. The van der Waals surface area contributed by atoms with E-state index in [1.54, 1.807) is 0 Å². The molecule has 3 fully saturated rings. The highest BCUT2D eigenvalue weighted by atomic mass is 16.4. The standard InChI is InChI=1S/C73H125N21O25/c1-38(78)57(102)83-44(18-7-11-29-75)63(108)89-49(35-95)70(115)92-32-14-21-52(92)67(112)81-41(4)60(105)86-47(24-26-55(98)99)62(107)80-40(3)59(104)85-46(20-9-13-31-77)65(110)91-51(37-97)72(117)94-34-16-23-54(94)69(114)88-48(25-27-56(100)101)66(111)87-43(17-6-10-28-74)61(106)79-39(2)58(103)84-45(19-8-12-30-76)64(109)90-50(36-96)71(116)93-33-15-22-53(93)68(113)82-42(5)73(118)119/h38-54,95-97H,6-37,74-78H2,1-5H3,(H,79,106)(H,80,107)(H,81,112)(H,82,113)(H,83,102)(H,84,103)(H,85,104)(H,86,105)(H,87,111)(H,88,114)(H,89,108)(H,90,109)(H,91,110)(H,98,99)(H,100,101)(H,118,119)/t38-,39-,40-,41-,42-,43-,44-,45-,46-,47-,48-,49-,50-,51-,52-,53-,54-/m0/s1. The Bertz CT molecular complexity index is 3490. The van der Waals surface area contributed by atoms with Gasteiger partial charge in [0.15, 0.2) is 0 Å². The number of nitrogens with one attached hydrogen (secondary N) is 13. The number of nitrogens with two attached hydrogens (primary N) is 5. The van der Waals surface area contributed by atoms with Gasteiger partial charge in [0.2, 0.25) is 94.5 Å². The Balaban J connectivity index is 1.76. The first-order valence-electron chi connectivity index (χ1n) is 40.3. The fourth-order valence-corrected chi connectivity index (χ4v) is 13.2. The van der Waals surface area contributed by atoms with Gasteiger partial charge in [-0.05, 0) is 189 Å². The van der Waals surface area contributed by atoms with Crippen molar-refractivity contribution in [2.45, 2.75) is 279 Å². The van der Waals surface area contributed by atoms with E-state index in [0.717, 1.165) is 14.7 Å². The Morgan fingerprint density at radius 1 is 0.303 bits per heavy atom. The van der Waals surface area contributed by atoms with Gasteiger partial charge in [-0.25, -0.2) is 0 Å². The van der Waals surface area contributed by atoms with Gasteiger partial charge in [0.05, 0.1) is 25.9 Å². The fourth-order valence-electron chi connectivity index (χ4n) is 13.2. The summed E-state index contributed by atoms with van der Waals surface area (Å²) < 4.78 is 0. The Hall–Kier alpha value is -10.4. The molecule has 3 rings (SSSR count). The Labute approximate surface area is 688 Å². The summed E-state index contributed by atoms with van der Waals surface area (Å²) >= 11 is 0. The second-order valence-corrected chi connectivity index (χ2v) is 29.7. The number of rotatable bonds is 55. The molecular weight excluding hydrogens is 1570 g/mol. The number of likely N-dealkylation sites (tertiary alicyclic amines) is 3. The summed E-state index contributed by atoms with van der Waals surface area (Å²) in [7, 11) is 0. The molecule has 29 N–H and O–H groups in total. The number of carbonyl (C=O) groups excluding carboxylic acids is 16. The number of carboxylic acid groups (broad SMARTS) is 3. The second-order valence-electron chi connectivity index (χ2n) is 29.7. The van der Waals surface area contributed by atoms with Gasteiger partial charge in [0, 0.05) is 32.5 Å². The van der Waals surface area contributed by atoms with Crippen molar-refractivity contribution in [2.24, 2.45) is 28.7 Å². The first-order valence-corrected chi connectivity index (χ1v) is 40.3. The van der Waals surface area contributed by atoms with Crippen molar-refractivity contribution < 1.29 is 122 Å². The minimum atomic E-state index is -1.81. The molecule has 0 aromatic carbocycles. The highest BCUT2D eigenvalue weighted by Crippen LogP contribution is 2.23. The molecule has 0 bridgehead atoms. The van der Waals surface area contributed by atoms with Crippen LogP contribution < -0.4 is 97.8 Å². The number of unbranched alkanes of at least 4 members (excludes halogenated alkanes) is 4. The van der Waals surface area contributed by atoms with E-state index < -0.39 is 261 Å². The van der Waals surface area contributed by atoms with Gasteiger partial charge in [0.25, 0.3) is 0 Å². The van der Waals surface area contributed by atoms with E-state index in [2.05, 4.69) is 69.1 Å². The predicted octanol–water partition coefficient (Wildman–Crippen LogP) is -10.0. The summed E-state index contributed by atoms with van der Waals surface area (Å²) in [5, 5.41) is 91.5. The van der Waals surface area contributed by atoms with Crippen LogP contribution in [0.2, 0.25) is 0 Å². The summed E-state index contributed by atoms with van der Waals surface area (Å²) in [6.07, 6.45) is 0.683.